The van der Waals surface area contributed by atoms with Crippen molar-refractivity contribution in [2.24, 2.45) is 0 Å². The van der Waals surface area contributed by atoms with E-state index in [1.807, 2.05) is 6.07 Å². The van der Waals surface area contributed by atoms with Crippen LogP contribution in [0.4, 0.5) is 10.5 Å². The van der Waals surface area contributed by atoms with Crippen LogP contribution in [-0.4, -0.2) is 46.7 Å². The molecule has 220 valence electrons. The van der Waals surface area contributed by atoms with E-state index in [9.17, 15) is 19.5 Å². The lowest BCUT2D eigenvalue weighted by Gasteiger charge is -2.38. The zero-order chi connectivity index (χ0) is 30.3. The van der Waals surface area contributed by atoms with Crippen LogP contribution in [-0.2, 0) is 33.9 Å². The number of carbonyl (C=O) groups is 3. The molecule has 11 heteroatoms. The van der Waals surface area contributed by atoms with Crippen LogP contribution in [0, 0.1) is 0 Å². The van der Waals surface area contributed by atoms with Gasteiger partial charge in [0.15, 0.2) is 0 Å². The number of carboxylic acids is 1. The molecule has 2 atom stereocenters. The van der Waals surface area contributed by atoms with Crippen molar-refractivity contribution in [3.05, 3.63) is 86.9 Å². The van der Waals surface area contributed by atoms with E-state index in [1.165, 1.54) is 9.80 Å². The fourth-order valence-corrected chi connectivity index (χ4v) is 5.23. The van der Waals surface area contributed by atoms with Crippen LogP contribution < -0.4 is 14.4 Å². The van der Waals surface area contributed by atoms with Crippen molar-refractivity contribution in [3.8, 4) is 11.5 Å². The summed E-state index contributed by atoms with van der Waals surface area (Å²) in [4.78, 5) is 41.0. The SMILES string of the molecule is CN1C(=O)[C@H](c2ccc(OCc3ccc(Cl)c(Cl)c3)cc2)Oc2cc3c(cc21)CC(C(=O)O)N(C(=O)OC(C)(C)C)C3. The zero-order valence-corrected chi connectivity index (χ0v) is 25.0. The predicted octanol–water partition coefficient (Wildman–Crippen LogP) is 6.42. The van der Waals surface area contributed by atoms with Gasteiger partial charge in [-0.3, -0.25) is 9.69 Å². The Bertz CT molecular complexity index is 1550. The first kappa shape index (κ1) is 29.5. The summed E-state index contributed by atoms with van der Waals surface area (Å²) in [6, 6.07) is 14.8. The normalized spacial score (nSPS) is 18.1. The van der Waals surface area contributed by atoms with Gasteiger partial charge >= 0.3 is 12.1 Å². The second-order valence-corrected chi connectivity index (χ2v) is 12.1. The topological polar surface area (TPSA) is 106 Å². The number of benzene rings is 3. The average molecular weight is 613 g/mol. The third-order valence-electron chi connectivity index (χ3n) is 7.06. The average Bonchev–Trinajstić information content (AvgIpc) is 2.93. The number of nitrogens with zero attached hydrogens (tertiary/aromatic N) is 2. The minimum atomic E-state index is -1.13. The Morgan fingerprint density at radius 1 is 1.02 bits per heavy atom. The molecule has 2 aliphatic rings. The Morgan fingerprint density at radius 3 is 2.38 bits per heavy atom. The van der Waals surface area contributed by atoms with Crippen LogP contribution in [0.5, 0.6) is 11.5 Å². The number of halogens is 2. The van der Waals surface area contributed by atoms with Crippen molar-refractivity contribution >= 4 is 46.9 Å². The molecule has 0 radical (unpaired) electrons. The molecule has 0 saturated heterocycles. The van der Waals surface area contributed by atoms with E-state index >= 15 is 0 Å². The largest absolute Gasteiger partial charge is 0.489 e. The predicted molar refractivity (Wildman–Crippen MR) is 157 cm³/mol. The molecule has 2 amide bonds. The Labute approximate surface area is 253 Å². The molecule has 2 heterocycles. The van der Waals surface area contributed by atoms with E-state index in [0.29, 0.717) is 39.4 Å². The third kappa shape index (κ3) is 6.12. The first-order valence-electron chi connectivity index (χ1n) is 13.3. The number of carbonyl (C=O) groups excluding carboxylic acids is 2. The Balaban J connectivity index is 1.35. The van der Waals surface area contributed by atoms with Crippen molar-refractivity contribution < 1.29 is 33.7 Å². The number of amides is 2. The minimum Gasteiger partial charge on any atom is -0.489 e. The molecule has 0 spiro atoms. The fraction of sp³-hybridized carbons (Fsp3) is 0.323. The Hall–Kier alpha value is -3.95. The summed E-state index contributed by atoms with van der Waals surface area (Å²) in [5.74, 6) is -0.341. The molecule has 1 unspecified atom stereocenters. The number of ether oxygens (including phenoxy) is 3. The summed E-state index contributed by atoms with van der Waals surface area (Å²) in [6.45, 7) is 5.50. The molecule has 2 aliphatic heterocycles. The van der Waals surface area contributed by atoms with Crippen LogP contribution in [0.25, 0.3) is 0 Å². The van der Waals surface area contributed by atoms with Crippen molar-refractivity contribution in [3.63, 3.8) is 0 Å². The summed E-state index contributed by atoms with van der Waals surface area (Å²) in [7, 11) is 1.66. The first-order valence-corrected chi connectivity index (χ1v) is 14.1. The number of hydrogen-bond donors (Lipinski definition) is 1. The molecule has 0 aromatic heterocycles. The lowest BCUT2D eigenvalue weighted by molar-refractivity contribution is -0.143. The highest BCUT2D eigenvalue weighted by Gasteiger charge is 2.40. The molecule has 9 nitrogen and oxygen atoms in total. The fourth-order valence-electron chi connectivity index (χ4n) is 4.91. The maximum Gasteiger partial charge on any atom is 0.411 e. The maximum atomic E-state index is 13.3. The van der Waals surface area contributed by atoms with Gasteiger partial charge in [0, 0.05) is 19.0 Å². The molecule has 0 fully saturated rings. The van der Waals surface area contributed by atoms with Gasteiger partial charge in [0.1, 0.15) is 29.7 Å². The number of hydrogen-bond acceptors (Lipinski definition) is 6. The lowest BCUT2D eigenvalue weighted by atomic mass is 9.92. The zero-order valence-electron chi connectivity index (χ0n) is 23.5. The highest BCUT2D eigenvalue weighted by atomic mass is 35.5. The Morgan fingerprint density at radius 2 is 1.74 bits per heavy atom. The van der Waals surface area contributed by atoms with Crippen LogP contribution >= 0.6 is 23.2 Å². The summed E-state index contributed by atoms with van der Waals surface area (Å²) in [5, 5.41) is 10.8. The molecule has 3 aromatic carbocycles. The van der Waals surface area contributed by atoms with E-state index in [-0.39, 0.29) is 18.9 Å². The van der Waals surface area contributed by atoms with E-state index in [2.05, 4.69) is 0 Å². The number of aliphatic carboxylic acids is 1. The van der Waals surface area contributed by atoms with Gasteiger partial charge in [0.2, 0.25) is 6.10 Å². The van der Waals surface area contributed by atoms with Gasteiger partial charge in [-0.15, -0.1) is 0 Å². The van der Waals surface area contributed by atoms with Crippen molar-refractivity contribution in [2.45, 2.75) is 58.1 Å². The van der Waals surface area contributed by atoms with Gasteiger partial charge in [0.05, 0.1) is 22.3 Å². The molecule has 3 aromatic rings. The van der Waals surface area contributed by atoms with Gasteiger partial charge in [0.25, 0.3) is 5.91 Å². The van der Waals surface area contributed by atoms with Gasteiger partial charge in [-0.2, -0.15) is 0 Å². The molecule has 0 bridgehead atoms. The number of anilines is 1. The second kappa shape index (κ2) is 11.4. The highest BCUT2D eigenvalue weighted by molar-refractivity contribution is 6.42. The first-order chi connectivity index (χ1) is 19.8. The summed E-state index contributed by atoms with van der Waals surface area (Å²) < 4.78 is 17.5. The maximum absolute atomic E-state index is 13.3. The second-order valence-electron chi connectivity index (χ2n) is 11.3. The lowest BCUT2D eigenvalue weighted by Crippen LogP contribution is -2.50. The standard InChI is InChI=1S/C31H30Cl2N2O7/c1-31(2,3)42-30(39)35-15-20-14-26-24(12-19(20)13-25(35)29(37)38)34(4)28(36)27(41-26)18-6-8-21(9-7-18)40-16-17-5-10-22(32)23(33)11-17/h5-12,14,25,27H,13,15-16H2,1-4H3,(H,37,38)/t25?,27-/m0/s1. The molecule has 5 rings (SSSR count). The van der Waals surface area contributed by atoms with Gasteiger partial charge < -0.3 is 24.2 Å². The highest BCUT2D eigenvalue weighted by Crippen LogP contribution is 2.42. The third-order valence-corrected chi connectivity index (χ3v) is 7.80. The van der Waals surface area contributed by atoms with Crippen LogP contribution in [0.2, 0.25) is 10.0 Å². The van der Waals surface area contributed by atoms with E-state index in [0.717, 1.165) is 16.7 Å². The molecular formula is C31H30Cl2N2O7. The quantitative estimate of drug-likeness (QED) is 0.354. The van der Waals surface area contributed by atoms with Crippen LogP contribution in [0.1, 0.15) is 49.1 Å². The van der Waals surface area contributed by atoms with E-state index in [4.69, 9.17) is 37.4 Å². The van der Waals surface area contributed by atoms with Gasteiger partial charge in [-0.1, -0.05) is 41.4 Å². The number of fused-ring (bicyclic) bond motifs is 2. The number of rotatable bonds is 5. The monoisotopic (exact) mass is 612 g/mol. The molecule has 0 saturated carbocycles. The van der Waals surface area contributed by atoms with E-state index in [1.54, 1.807) is 76.3 Å². The smallest absolute Gasteiger partial charge is 0.411 e. The van der Waals surface area contributed by atoms with Crippen molar-refractivity contribution in [1.82, 2.24) is 4.90 Å². The van der Waals surface area contributed by atoms with Crippen molar-refractivity contribution in [2.75, 3.05) is 11.9 Å². The molecule has 42 heavy (non-hydrogen) atoms. The molecule has 0 aliphatic carbocycles. The summed E-state index contributed by atoms with van der Waals surface area (Å²) >= 11 is 12.1. The van der Waals surface area contributed by atoms with Crippen molar-refractivity contribution in [1.29, 1.82) is 0 Å². The number of likely N-dealkylation sites (N-methyl/N-ethyl adjacent to an activating group) is 1. The van der Waals surface area contributed by atoms with Gasteiger partial charge in [-0.05, 0) is 73.9 Å². The molecular weight excluding hydrogens is 583 g/mol. The summed E-state index contributed by atoms with van der Waals surface area (Å²) in [5.41, 5.74) is 2.71. The van der Waals surface area contributed by atoms with Gasteiger partial charge in [-0.25, -0.2) is 9.59 Å². The van der Waals surface area contributed by atoms with Crippen LogP contribution in [0.15, 0.2) is 54.6 Å². The molecule has 1 N–H and O–H groups in total. The summed E-state index contributed by atoms with van der Waals surface area (Å²) in [6.07, 6.45) is -1.53. The minimum absolute atomic E-state index is 0.0328. The van der Waals surface area contributed by atoms with E-state index < -0.39 is 29.8 Å². The Kier molecular flexibility index (Phi) is 8.00. The number of carboxylic acid groups (broad SMARTS) is 1. The van der Waals surface area contributed by atoms with Crippen LogP contribution in [0.3, 0.4) is 0 Å².